The minimum Gasteiger partial charge on any atom is -0.210 e. The molecule has 1 radical (unpaired) electrons. The van der Waals surface area contributed by atoms with E-state index in [1.54, 1.807) is 0 Å². The fraction of sp³-hybridized carbons (Fsp3) is 0.667. The van der Waals surface area contributed by atoms with Crippen molar-refractivity contribution in [3.63, 3.8) is 0 Å². The molecule has 1 atom stereocenters. The molecule has 0 bridgehead atoms. The van der Waals surface area contributed by atoms with Crippen molar-refractivity contribution in [1.82, 2.24) is 0 Å². The van der Waals surface area contributed by atoms with Crippen molar-refractivity contribution in [2.45, 2.75) is 12.8 Å². The second kappa shape index (κ2) is 2.77. The summed E-state index contributed by atoms with van der Waals surface area (Å²) in [5.74, 6) is -0.609. The summed E-state index contributed by atoms with van der Waals surface area (Å²) < 4.78 is 23.6. The van der Waals surface area contributed by atoms with Crippen molar-refractivity contribution in [2.24, 2.45) is 5.92 Å². The lowest BCUT2D eigenvalue weighted by molar-refractivity contribution is 0.0920. The first-order valence-electron chi connectivity index (χ1n) is 2.84. The predicted octanol–water partition coefficient (Wildman–Crippen LogP) is 1.81. The third-order valence-corrected chi connectivity index (χ3v) is 1.28. The first-order chi connectivity index (χ1) is 4.30. The first kappa shape index (κ1) is 6.47. The average Bonchev–Trinajstić information content (AvgIpc) is 1.90. The zero-order valence-electron chi connectivity index (χ0n) is 4.85. The number of hydrogen-bond acceptors (Lipinski definition) is 0. The summed E-state index contributed by atoms with van der Waals surface area (Å²) in [5, 5.41) is 0. The number of nitrogens with zero attached hydrogens (tertiary/aromatic N) is 1. The van der Waals surface area contributed by atoms with Crippen LogP contribution < -0.4 is 0 Å². The highest BCUT2D eigenvalue weighted by Gasteiger charge is 2.25. The van der Waals surface area contributed by atoms with Gasteiger partial charge in [-0.2, -0.15) is 0 Å². The molecule has 0 saturated carbocycles. The molecule has 0 aromatic carbocycles. The molecular formula is C6H7F2N+. The molecule has 0 amide bonds. The van der Waals surface area contributed by atoms with Crippen molar-refractivity contribution in [3.05, 3.63) is 11.3 Å². The molecular weight excluding hydrogens is 124 g/mol. The Balaban J connectivity index is 2.39. The standard InChI is InChI=1S/C6H7F2N/c7-6(8)5-1-3-9-4-2-5/h1,5-6H,2,4H2/q+1. The quantitative estimate of drug-likeness (QED) is 0.511. The summed E-state index contributed by atoms with van der Waals surface area (Å²) in [6, 6.07) is 2.44. The van der Waals surface area contributed by atoms with Crippen LogP contribution in [0.15, 0.2) is 0 Å². The number of hydrogen-bond donors (Lipinski definition) is 0. The summed E-state index contributed by atoms with van der Waals surface area (Å²) >= 11 is 0. The van der Waals surface area contributed by atoms with Gasteiger partial charge in [-0.25, -0.2) is 8.78 Å². The maximum atomic E-state index is 11.8. The molecule has 1 nitrogen and oxygen atoms in total. The van der Waals surface area contributed by atoms with E-state index in [9.17, 15) is 8.78 Å². The lowest BCUT2D eigenvalue weighted by atomic mass is 10.0. The summed E-state index contributed by atoms with van der Waals surface area (Å²) in [6.07, 6.45) is -0.438. The monoisotopic (exact) mass is 131 g/mol. The molecule has 0 aromatic rings. The van der Waals surface area contributed by atoms with Crippen LogP contribution in [0.1, 0.15) is 6.42 Å². The molecule has 3 heteroatoms. The number of halogens is 2. The highest BCUT2D eigenvalue weighted by Crippen LogP contribution is 2.19. The third-order valence-electron chi connectivity index (χ3n) is 1.28. The Kier molecular flexibility index (Phi) is 1.99. The topological polar surface area (TPSA) is 4.36 Å². The lowest BCUT2D eigenvalue weighted by Crippen LogP contribution is -2.14. The molecule has 1 heterocycles. The Hall–Kier alpha value is -0.650. The Bertz CT molecular complexity index is 145. The van der Waals surface area contributed by atoms with Crippen LogP contribution in [0.4, 0.5) is 8.78 Å². The molecule has 49 valence electrons. The predicted molar refractivity (Wildman–Crippen MR) is 30.5 cm³/mol. The minimum absolute atomic E-state index is 0.463. The molecule has 1 unspecified atom stereocenters. The van der Waals surface area contributed by atoms with E-state index in [-0.39, 0.29) is 0 Å². The summed E-state index contributed by atoms with van der Waals surface area (Å²) in [6.45, 7) is 0.492. The SMILES string of the molecule is FC(F)C1[CH]C#[N+]CC1. The van der Waals surface area contributed by atoms with Crippen LogP contribution in [-0.2, 0) is 0 Å². The zero-order chi connectivity index (χ0) is 6.69. The van der Waals surface area contributed by atoms with E-state index in [0.717, 1.165) is 0 Å². The van der Waals surface area contributed by atoms with Crippen LogP contribution >= 0.6 is 0 Å². The highest BCUT2D eigenvalue weighted by atomic mass is 19.3. The van der Waals surface area contributed by atoms with E-state index in [0.29, 0.717) is 13.0 Å². The van der Waals surface area contributed by atoms with Crippen molar-refractivity contribution in [1.29, 1.82) is 0 Å². The summed E-state index contributed by atoms with van der Waals surface area (Å²) in [4.78, 5) is 3.67. The van der Waals surface area contributed by atoms with E-state index in [4.69, 9.17) is 0 Å². The van der Waals surface area contributed by atoms with Crippen molar-refractivity contribution >= 4 is 0 Å². The molecule has 0 N–H and O–H groups in total. The second-order valence-corrected chi connectivity index (χ2v) is 1.96. The first-order valence-corrected chi connectivity index (χ1v) is 2.84. The number of alkyl halides is 2. The van der Waals surface area contributed by atoms with Gasteiger partial charge in [-0.1, -0.05) is 4.85 Å². The van der Waals surface area contributed by atoms with Gasteiger partial charge in [-0.05, 0) is 0 Å². The molecule has 1 aliphatic rings. The molecule has 0 saturated heterocycles. The normalized spacial score (nSPS) is 25.4. The molecule has 0 spiro atoms. The zero-order valence-corrected chi connectivity index (χ0v) is 4.85. The Morgan fingerprint density at radius 1 is 1.67 bits per heavy atom. The Morgan fingerprint density at radius 2 is 2.44 bits per heavy atom. The van der Waals surface area contributed by atoms with Crippen LogP contribution in [-0.4, -0.2) is 13.0 Å². The van der Waals surface area contributed by atoms with E-state index in [1.165, 1.54) is 6.42 Å². The van der Waals surface area contributed by atoms with Gasteiger partial charge < -0.3 is 0 Å². The largest absolute Gasteiger partial charge is 0.278 e. The third kappa shape index (κ3) is 1.63. The average molecular weight is 131 g/mol. The van der Waals surface area contributed by atoms with Gasteiger partial charge in [0.1, 0.15) is 6.42 Å². The van der Waals surface area contributed by atoms with Gasteiger partial charge in [0.15, 0.2) is 0 Å². The maximum Gasteiger partial charge on any atom is 0.278 e. The van der Waals surface area contributed by atoms with Gasteiger partial charge in [-0.3, -0.25) is 0 Å². The fourth-order valence-electron chi connectivity index (χ4n) is 0.709. The van der Waals surface area contributed by atoms with Gasteiger partial charge in [0, 0.05) is 12.3 Å². The van der Waals surface area contributed by atoms with Crippen LogP contribution in [0.25, 0.3) is 4.85 Å². The molecule has 0 aromatic heterocycles. The molecule has 0 aliphatic carbocycles. The number of rotatable bonds is 1. The Morgan fingerprint density at radius 3 is 2.78 bits per heavy atom. The van der Waals surface area contributed by atoms with Gasteiger partial charge in [0.05, 0.1) is 0 Å². The van der Waals surface area contributed by atoms with Crippen molar-refractivity contribution < 1.29 is 8.78 Å². The molecule has 1 aliphatic heterocycles. The smallest absolute Gasteiger partial charge is 0.210 e. The maximum absolute atomic E-state index is 11.8. The minimum atomic E-state index is -2.24. The molecule has 9 heavy (non-hydrogen) atoms. The summed E-state index contributed by atoms with van der Waals surface area (Å²) in [5.41, 5.74) is 0. The lowest BCUT2D eigenvalue weighted by Gasteiger charge is -2.06. The molecule has 0 fully saturated rings. The fourth-order valence-corrected chi connectivity index (χ4v) is 0.709. The van der Waals surface area contributed by atoms with Gasteiger partial charge >= 0.3 is 0 Å². The van der Waals surface area contributed by atoms with Crippen LogP contribution in [0.3, 0.4) is 0 Å². The van der Waals surface area contributed by atoms with Crippen molar-refractivity contribution in [3.8, 4) is 6.07 Å². The van der Waals surface area contributed by atoms with E-state index < -0.39 is 12.3 Å². The van der Waals surface area contributed by atoms with Crippen molar-refractivity contribution in [2.75, 3.05) is 6.54 Å². The van der Waals surface area contributed by atoms with Gasteiger partial charge in [0.25, 0.3) is 12.6 Å². The Labute approximate surface area is 52.5 Å². The van der Waals surface area contributed by atoms with E-state index in [1.807, 2.05) is 0 Å². The van der Waals surface area contributed by atoms with Crippen LogP contribution in [0.2, 0.25) is 0 Å². The van der Waals surface area contributed by atoms with Crippen LogP contribution in [0, 0.1) is 18.4 Å². The second-order valence-electron chi connectivity index (χ2n) is 1.96. The van der Waals surface area contributed by atoms with E-state index in [2.05, 4.69) is 10.9 Å². The van der Waals surface area contributed by atoms with Crippen LogP contribution in [0.5, 0.6) is 0 Å². The van der Waals surface area contributed by atoms with E-state index >= 15 is 0 Å². The molecule has 1 rings (SSSR count). The summed E-state index contributed by atoms with van der Waals surface area (Å²) in [7, 11) is 0. The van der Waals surface area contributed by atoms with Gasteiger partial charge in [-0.15, -0.1) is 0 Å². The van der Waals surface area contributed by atoms with Gasteiger partial charge in [0.2, 0.25) is 6.43 Å². The highest BCUT2D eigenvalue weighted by molar-refractivity contribution is 5.09.